The molecule has 1 heterocycles. The van der Waals surface area contributed by atoms with Gasteiger partial charge in [0.1, 0.15) is 23.9 Å². The summed E-state index contributed by atoms with van der Waals surface area (Å²) < 4.78 is 25.4. The monoisotopic (exact) mass is 527 g/mol. The molecule has 9 heteroatoms. The summed E-state index contributed by atoms with van der Waals surface area (Å²) in [6, 6.07) is 19.8. The zero-order valence-electron chi connectivity index (χ0n) is 23.0. The van der Waals surface area contributed by atoms with Crippen LogP contribution in [0.3, 0.4) is 0 Å². The molecule has 0 spiro atoms. The highest BCUT2D eigenvalue weighted by molar-refractivity contribution is 6.74. The van der Waals surface area contributed by atoms with E-state index in [1.807, 2.05) is 60.7 Å². The zero-order valence-corrected chi connectivity index (χ0v) is 24.0. The van der Waals surface area contributed by atoms with Gasteiger partial charge in [-0.05, 0) is 48.6 Å². The SMILES string of the molecule is CC1(C)O[C@H]([C@H](O)COC(c2ccccc2)c2ccccc2)[C@](CN=[N+]=[N-])(CO[Si](C)(C)C(C)(C)C)O1. The molecule has 8 nitrogen and oxygen atoms in total. The first kappa shape index (κ1) is 29.3. The van der Waals surface area contributed by atoms with E-state index in [-0.39, 0.29) is 30.9 Å². The molecular weight excluding hydrogens is 486 g/mol. The van der Waals surface area contributed by atoms with Crippen molar-refractivity contribution >= 4 is 8.32 Å². The third-order valence-electron chi connectivity index (χ3n) is 7.25. The second-order valence-corrected chi connectivity index (χ2v) is 16.5. The van der Waals surface area contributed by atoms with Gasteiger partial charge in [0.05, 0.1) is 19.8 Å². The Bertz CT molecular complexity index is 1010. The number of azide groups is 1. The number of rotatable bonds is 11. The lowest BCUT2D eigenvalue weighted by Crippen LogP contribution is -2.56. The fourth-order valence-electron chi connectivity index (χ4n) is 4.29. The maximum Gasteiger partial charge on any atom is 0.192 e. The van der Waals surface area contributed by atoms with Crippen LogP contribution in [0.5, 0.6) is 0 Å². The molecule has 0 amide bonds. The highest BCUT2D eigenvalue weighted by atomic mass is 28.4. The second kappa shape index (κ2) is 11.7. The smallest absolute Gasteiger partial charge is 0.192 e. The average Bonchev–Trinajstić information content (AvgIpc) is 3.13. The Kier molecular flexibility index (Phi) is 9.24. The predicted molar refractivity (Wildman–Crippen MR) is 147 cm³/mol. The Morgan fingerprint density at radius 2 is 1.59 bits per heavy atom. The standard InChI is InChI=1S/C28H41N3O5Si/c1-26(2,3)37(6,7)34-20-28(19-30-31-29)25(35-27(4,5)36-28)23(32)18-33-24(21-14-10-8-11-15-21)22-16-12-9-13-17-22/h8-17,23-25,32H,18-20H2,1-7H3/t23-,25-,28+/m1/s1. The van der Waals surface area contributed by atoms with E-state index in [1.165, 1.54) is 0 Å². The molecular formula is C28H41N3O5Si. The van der Waals surface area contributed by atoms with Crippen LogP contribution in [0, 0.1) is 0 Å². The summed E-state index contributed by atoms with van der Waals surface area (Å²) in [6.07, 6.45) is -2.26. The third kappa shape index (κ3) is 7.21. The lowest BCUT2D eigenvalue weighted by Gasteiger charge is -2.41. The molecule has 1 saturated heterocycles. The molecule has 0 bridgehead atoms. The van der Waals surface area contributed by atoms with Gasteiger partial charge in [0.2, 0.25) is 0 Å². The minimum Gasteiger partial charge on any atom is -0.414 e. The van der Waals surface area contributed by atoms with Crippen molar-refractivity contribution in [1.82, 2.24) is 0 Å². The van der Waals surface area contributed by atoms with Gasteiger partial charge in [0.15, 0.2) is 14.1 Å². The fraction of sp³-hybridized carbons (Fsp3) is 0.571. The molecule has 0 radical (unpaired) electrons. The summed E-state index contributed by atoms with van der Waals surface area (Å²) in [5.41, 5.74) is 9.92. The molecule has 0 aromatic heterocycles. The summed E-state index contributed by atoms with van der Waals surface area (Å²) >= 11 is 0. The van der Waals surface area contributed by atoms with Gasteiger partial charge in [-0.15, -0.1) is 0 Å². The Hall–Kier alpha value is -2.23. The first-order chi connectivity index (χ1) is 17.3. The van der Waals surface area contributed by atoms with Crippen LogP contribution >= 0.6 is 0 Å². The van der Waals surface area contributed by atoms with Crippen molar-refractivity contribution in [3.63, 3.8) is 0 Å². The number of ether oxygens (including phenoxy) is 3. The number of benzene rings is 2. The van der Waals surface area contributed by atoms with Crippen molar-refractivity contribution in [3.05, 3.63) is 82.2 Å². The summed E-state index contributed by atoms with van der Waals surface area (Å²) in [5.74, 6) is -1.01. The van der Waals surface area contributed by atoms with E-state index >= 15 is 0 Å². The van der Waals surface area contributed by atoms with Gasteiger partial charge in [-0.2, -0.15) is 0 Å². The minimum absolute atomic E-state index is 0.0172. The molecule has 202 valence electrons. The van der Waals surface area contributed by atoms with E-state index in [1.54, 1.807) is 13.8 Å². The largest absolute Gasteiger partial charge is 0.414 e. The molecule has 3 rings (SSSR count). The van der Waals surface area contributed by atoms with Crippen LogP contribution < -0.4 is 0 Å². The maximum atomic E-state index is 11.4. The van der Waals surface area contributed by atoms with E-state index < -0.39 is 31.9 Å². The molecule has 2 aromatic carbocycles. The molecule has 2 aromatic rings. The second-order valence-electron chi connectivity index (χ2n) is 11.6. The maximum absolute atomic E-state index is 11.4. The van der Waals surface area contributed by atoms with Crippen molar-refractivity contribution in [2.45, 2.75) is 82.5 Å². The van der Waals surface area contributed by atoms with E-state index in [2.05, 4.69) is 43.9 Å². The van der Waals surface area contributed by atoms with Crippen LogP contribution in [0.4, 0.5) is 0 Å². The number of aliphatic hydroxyl groups excluding tert-OH is 1. The first-order valence-electron chi connectivity index (χ1n) is 12.7. The van der Waals surface area contributed by atoms with Gasteiger partial charge in [0.25, 0.3) is 0 Å². The summed E-state index contributed by atoms with van der Waals surface area (Å²) in [7, 11) is -2.18. The Morgan fingerprint density at radius 3 is 2.08 bits per heavy atom. The van der Waals surface area contributed by atoms with Gasteiger partial charge in [-0.3, -0.25) is 0 Å². The van der Waals surface area contributed by atoms with Gasteiger partial charge >= 0.3 is 0 Å². The fourth-order valence-corrected chi connectivity index (χ4v) is 5.32. The lowest BCUT2D eigenvalue weighted by atomic mass is 9.93. The summed E-state index contributed by atoms with van der Waals surface area (Å²) in [4.78, 5) is 2.96. The molecule has 37 heavy (non-hydrogen) atoms. The highest BCUT2D eigenvalue weighted by Crippen LogP contribution is 2.42. The summed E-state index contributed by atoms with van der Waals surface area (Å²) in [5, 5.41) is 15.2. The molecule has 0 saturated carbocycles. The lowest BCUT2D eigenvalue weighted by molar-refractivity contribution is -0.170. The van der Waals surface area contributed by atoms with Gasteiger partial charge in [-0.25, -0.2) is 0 Å². The first-order valence-corrected chi connectivity index (χ1v) is 15.6. The Balaban J connectivity index is 1.86. The third-order valence-corrected chi connectivity index (χ3v) is 11.7. The molecule has 1 fully saturated rings. The predicted octanol–water partition coefficient (Wildman–Crippen LogP) is 6.38. The topological polar surface area (TPSA) is 106 Å². The summed E-state index contributed by atoms with van der Waals surface area (Å²) in [6.45, 7) is 14.4. The normalized spacial score (nSPS) is 22.6. The van der Waals surface area contributed by atoms with Crippen LogP contribution in [0.25, 0.3) is 10.4 Å². The van der Waals surface area contributed by atoms with Gasteiger partial charge in [0, 0.05) is 4.91 Å². The van der Waals surface area contributed by atoms with Crippen LogP contribution in [0.2, 0.25) is 18.1 Å². The van der Waals surface area contributed by atoms with Gasteiger partial charge in [-0.1, -0.05) is 86.5 Å². The zero-order chi connectivity index (χ0) is 27.3. The van der Waals surface area contributed by atoms with E-state index in [9.17, 15) is 5.11 Å². The molecule has 1 aliphatic heterocycles. The van der Waals surface area contributed by atoms with Crippen molar-refractivity contribution < 1.29 is 23.7 Å². The van der Waals surface area contributed by atoms with Gasteiger partial charge < -0.3 is 23.7 Å². The number of hydrogen-bond acceptors (Lipinski definition) is 6. The number of hydrogen-bond donors (Lipinski definition) is 1. The van der Waals surface area contributed by atoms with Crippen LogP contribution in [0.1, 0.15) is 51.8 Å². The highest BCUT2D eigenvalue weighted by Gasteiger charge is 2.57. The molecule has 0 unspecified atom stereocenters. The minimum atomic E-state index is -2.18. The molecule has 1 N–H and O–H groups in total. The van der Waals surface area contributed by atoms with Crippen molar-refractivity contribution in [2.75, 3.05) is 19.8 Å². The number of nitrogens with zero attached hydrogens (tertiary/aromatic N) is 3. The molecule has 3 atom stereocenters. The van der Waals surface area contributed by atoms with Crippen LogP contribution in [0.15, 0.2) is 65.8 Å². The Morgan fingerprint density at radius 1 is 1.05 bits per heavy atom. The Labute approximate surface area is 221 Å². The quantitative estimate of drug-likeness (QED) is 0.158. The van der Waals surface area contributed by atoms with Crippen LogP contribution in [-0.2, 0) is 18.6 Å². The number of aliphatic hydroxyl groups is 1. The van der Waals surface area contributed by atoms with E-state index in [0.29, 0.717) is 0 Å². The van der Waals surface area contributed by atoms with Crippen molar-refractivity contribution in [1.29, 1.82) is 0 Å². The van der Waals surface area contributed by atoms with E-state index in [4.69, 9.17) is 24.2 Å². The van der Waals surface area contributed by atoms with Crippen molar-refractivity contribution in [2.24, 2.45) is 5.11 Å². The molecule has 1 aliphatic rings. The molecule has 0 aliphatic carbocycles. The van der Waals surface area contributed by atoms with Crippen LogP contribution in [-0.4, -0.2) is 56.8 Å². The van der Waals surface area contributed by atoms with E-state index in [0.717, 1.165) is 11.1 Å². The van der Waals surface area contributed by atoms with Crippen molar-refractivity contribution in [3.8, 4) is 0 Å². The average molecular weight is 528 g/mol.